The third-order valence-corrected chi connectivity index (χ3v) is 5.22. The Kier molecular flexibility index (Phi) is 8.44. The van der Waals surface area contributed by atoms with Gasteiger partial charge >= 0.3 is 11.9 Å². The van der Waals surface area contributed by atoms with Crippen LogP contribution in [0.5, 0.6) is 5.75 Å². The van der Waals surface area contributed by atoms with Gasteiger partial charge in [0.1, 0.15) is 17.4 Å². The van der Waals surface area contributed by atoms with E-state index in [2.05, 4.69) is 15.0 Å². The zero-order valence-electron chi connectivity index (χ0n) is 17.3. The molecule has 33 heavy (non-hydrogen) atoms. The van der Waals surface area contributed by atoms with Gasteiger partial charge in [0.2, 0.25) is 5.91 Å². The molecule has 0 bridgehead atoms. The Hall–Kier alpha value is -3.83. The molecule has 0 spiro atoms. The van der Waals surface area contributed by atoms with Gasteiger partial charge in [0, 0.05) is 17.0 Å². The normalized spacial score (nSPS) is 11.5. The van der Waals surface area contributed by atoms with Gasteiger partial charge in [0.25, 0.3) is 0 Å². The van der Waals surface area contributed by atoms with E-state index in [1.165, 1.54) is 24.3 Å². The summed E-state index contributed by atoms with van der Waals surface area (Å²) in [7, 11) is 0. The van der Waals surface area contributed by atoms with Gasteiger partial charge in [-0.1, -0.05) is 18.2 Å². The van der Waals surface area contributed by atoms with Crippen molar-refractivity contribution in [2.75, 3.05) is 6.61 Å². The molecule has 0 aliphatic rings. The fourth-order valence-corrected chi connectivity index (χ4v) is 3.52. The molecule has 0 fully saturated rings. The molecule has 0 radical (unpaired) electrons. The number of hydrogen-bond acceptors (Lipinski definition) is 8. The van der Waals surface area contributed by atoms with Crippen LogP contribution in [0.25, 0.3) is 0 Å². The molecule has 1 aromatic carbocycles. The molecular formula is C22H21N3O7S. The second-order valence-corrected chi connectivity index (χ2v) is 7.66. The van der Waals surface area contributed by atoms with Crippen molar-refractivity contribution in [3.05, 3.63) is 78.0 Å². The first-order valence-electron chi connectivity index (χ1n) is 9.76. The number of aliphatic carboxylic acids is 1. The highest BCUT2D eigenvalue weighted by molar-refractivity contribution is 7.97. The Morgan fingerprint density at radius 3 is 2.58 bits per heavy atom. The van der Waals surface area contributed by atoms with Crippen molar-refractivity contribution >= 4 is 29.8 Å². The Morgan fingerprint density at radius 2 is 1.91 bits per heavy atom. The number of carboxylic acids is 2. The minimum Gasteiger partial charge on any atom is -0.479 e. The fourth-order valence-electron chi connectivity index (χ4n) is 2.75. The molecule has 0 aliphatic carbocycles. The molecule has 2 heterocycles. The van der Waals surface area contributed by atoms with Gasteiger partial charge in [-0.25, -0.2) is 14.3 Å². The Bertz CT molecular complexity index is 1090. The van der Waals surface area contributed by atoms with Crippen LogP contribution in [0, 0.1) is 0 Å². The molecule has 172 valence electrons. The number of nitrogens with zero attached hydrogens (tertiary/aromatic N) is 1. The summed E-state index contributed by atoms with van der Waals surface area (Å²) in [5.41, 5.74) is 0.0705. The van der Waals surface area contributed by atoms with Crippen molar-refractivity contribution < 1.29 is 33.8 Å². The largest absolute Gasteiger partial charge is 0.479 e. The van der Waals surface area contributed by atoms with Gasteiger partial charge in [-0.05, 0) is 42.3 Å². The topological polar surface area (TPSA) is 151 Å². The standard InChI is InChI=1S/C22H21N3O7S/c26-20(27)13-32-19-12-23-14(9-17(19)22(29)30)10-18(25-33-16-6-2-1-3-7-16)21(28)24-11-15-5-4-8-31-15/h1-9,12,18,25H,10-11,13H2,(H,24,28)(H,26,27)(H,29,30)/t18-/m0/s1. The second-order valence-electron chi connectivity index (χ2n) is 6.75. The fraction of sp³-hybridized carbons (Fsp3) is 0.182. The van der Waals surface area contributed by atoms with Crippen LogP contribution in [-0.4, -0.2) is 45.7 Å². The van der Waals surface area contributed by atoms with Gasteiger partial charge in [0.15, 0.2) is 12.4 Å². The Balaban J connectivity index is 1.75. The van der Waals surface area contributed by atoms with Crippen molar-refractivity contribution in [1.82, 2.24) is 15.0 Å². The summed E-state index contributed by atoms with van der Waals surface area (Å²) in [4.78, 5) is 40.2. The van der Waals surface area contributed by atoms with Gasteiger partial charge in [-0.15, -0.1) is 0 Å². The maximum atomic E-state index is 12.9. The summed E-state index contributed by atoms with van der Waals surface area (Å²) >= 11 is 1.26. The van der Waals surface area contributed by atoms with Crippen LogP contribution in [0.2, 0.25) is 0 Å². The van der Waals surface area contributed by atoms with E-state index in [-0.39, 0.29) is 30.2 Å². The van der Waals surface area contributed by atoms with E-state index in [1.807, 2.05) is 30.3 Å². The number of benzene rings is 1. The summed E-state index contributed by atoms with van der Waals surface area (Å²) in [6.07, 6.45) is 2.72. The third-order valence-electron chi connectivity index (χ3n) is 4.31. The number of rotatable bonds is 12. The summed E-state index contributed by atoms with van der Waals surface area (Å²) in [5.74, 6) is -2.46. The van der Waals surface area contributed by atoms with Crippen molar-refractivity contribution in [3.8, 4) is 5.75 Å². The highest BCUT2D eigenvalue weighted by Crippen LogP contribution is 2.20. The molecule has 0 unspecified atom stereocenters. The SMILES string of the molecule is O=C(O)COc1cnc(C[C@H](NSc2ccccc2)C(=O)NCc2ccco2)cc1C(=O)O. The lowest BCUT2D eigenvalue weighted by Crippen LogP contribution is -2.42. The zero-order chi connectivity index (χ0) is 23.6. The number of carboxylic acid groups (broad SMARTS) is 2. The Morgan fingerprint density at radius 1 is 1.12 bits per heavy atom. The van der Waals surface area contributed by atoms with E-state index in [0.29, 0.717) is 11.5 Å². The number of ether oxygens (including phenoxy) is 1. The van der Waals surface area contributed by atoms with Crippen LogP contribution in [0.1, 0.15) is 21.8 Å². The summed E-state index contributed by atoms with van der Waals surface area (Å²) < 4.78 is 13.3. The lowest BCUT2D eigenvalue weighted by Gasteiger charge is -2.18. The number of aromatic nitrogens is 1. The molecule has 1 atom stereocenters. The highest BCUT2D eigenvalue weighted by atomic mass is 32.2. The molecule has 0 aliphatic heterocycles. The molecule has 3 aromatic rings. The van der Waals surface area contributed by atoms with E-state index in [0.717, 1.165) is 11.1 Å². The van der Waals surface area contributed by atoms with E-state index in [1.54, 1.807) is 12.1 Å². The quantitative estimate of drug-likeness (QED) is 0.290. The number of aromatic carboxylic acids is 1. The van der Waals surface area contributed by atoms with Crippen LogP contribution in [0.15, 0.2) is 70.3 Å². The van der Waals surface area contributed by atoms with Crippen molar-refractivity contribution in [1.29, 1.82) is 0 Å². The molecule has 0 saturated carbocycles. The molecular weight excluding hydrogens is 450 g/mol. The molecule has 4 N–H and O–H groups in total. The second kappa shape index (κ2) is 11.7. The molecule has 3 rings (SSSR count). The van der Waals surface area contributed by atoms with Crippen LogP contribution < -0.4 is 14.8 Å². The lowest BCUT2D eigenvalue weighted by atomic mass is 10.1. The average Bonchev–Trinajstić information content (AvgIpc) is 3.33. The van der Waals surface area contributed by atoms with E-state index in [9.17, 15) is 19.5 Å². The number of pyridine rings is 1. The monoisotopic (exact) mass is 471 g/mol. The molecule has 11 heteroatoms. The third kappa shape index (κ3) is 7.37. The van der Waals surface area contributed by atoms with Crippen molar-refractivity contribution in [2.24, 2.45) is 0 Å². The molecule has 1 amide bonds. The van der Waals surface area contributed by atoms with Gasteiger partial charge in [0.05, 0.1) is 19.0 Å². The number of amides is 1. The summed E-state index contributed by atoms with van der Waals surface area (Å²) in [5, 5.41) is 21.0. The minimum absolute atomic E-state index is 0.0727. The van der Waals surface area contributed by atoms with Crippen LogP contribution >= 0.6 is 11.9 Å². The minimum atomic E-state index is -1.30. The highest BCUT2D eigenvalue weighted by Gasteiger charge is 2.22. The first-order chi connectivity index (χ1) is 15.9. The number of carbonyl (C=O) groups is 3. The van der Waals surface area contributed by atoms with Gasteiger partial charge < -0.3 is 24.7 Å². The van der Waals surface area contributed by atoms with E-state index < -0.39 is 24.6 Å². The van der Waals surface area contributed by atoms with Crippen LogP contribution in [0.3, 0.4) is 0 Å². The molecule has 10 nitrogen and oxygen atoms in total. The first-order valence-corrected chi connectivity index (χ1v) is 10.6. The van der Waals surface area contributed by atoms with Crippen molar-refractivity contribution in [2.45, 2.75) is 23.9 Å². The smallest absolute Gasteiger partial charge is 0.341 e. The zero-order valence-corrected chi connectivity index (χ0v) is 18.1. The summed E-state index contributed by atoms with van der Waals surface area (Å²) in [6.45, 7) is -0.510. The lowest BCUT2D eigenvalue weighted by molar-refractivity contribution is -0.139. The van der Waals surface area contributed by atoms with Crippen LogP contribution in [-0.2, 0) is 22.6 Å². The van der Waals surface area contributed by atoms with Crippen molar-refractivity contribution in [3.63, 3.8) is 0 Å². The number of hydrogen-bond donors (Lipinski definition) is 4. The predicted octanol–water partition coefficient (Wildman–Crippen LogP) is 2.36. The van der Waals surface area contributed by atoms with Gasteiger partial charge in [-0.3, -0.25) is 9.78 Å². The first kappa shape index (κ1) is 23.8. The number of furan rings is 1. The molecule has 0 saturated heterocycles. The predicted molar refractivity (Wildman–Crippen MR) is 118 cm³/mol. The van der Waals surface area contributed by atoms with Crippen LogP contribution in [0.4, 0.5) is 0 Å². The van der Waals surface area contributed by atoms with Gasteiger partial charge in [-0.2, -0.15) is 0 Å². The van der Waals surface area contributed by atoms with E-state index >= 15 is 0 Å². The maximum Gasteiger partial charge on any atom is 0.341 e. The number of nitrogens with one attached hydrogen (secondary N) is 2. The number of carbonyl (C=O) groups excluding carboxylic acids is 1. The summed E-state index contributed by atoms with van der Waals surface area (Å²) in [6, 6.07) is 13.3. The average molecular weight is 471 g/mol. The molecule has 2 aromatic heterocycles. The van der Waals surface area contributed by atoms with E-state index in [4.69, 9.17) is 14.3 Å². The maximum absolute atomic E-state index is 12.9. The Labute approximate surface area is 193 Å².